The van der Waals surface area contributed by atoms with Crippen LogP contribution in [0, 0.1) is 11.7 Å². The molecule has 1 atom stereocenters. The van der Waals surface area contributed by atoms with Crippen LogP contribution in [-0.4, -0.2) is 34.5 Å². The van der Waals surface area contributed by atoms with Gasteiger partial charge in [0, 0.05) is 29.6 Å². The Hall–Kier alpha value is -3.40. The summed E-state index contributed by atoms with van der Waals surface area (Å²) < 4.78 is 61.7. The maximum absolute atomic E-state index is 14.5. The number of aromatic nitrogens is 1. The van der Waals surface area contributed by atoms with Gasteiger partial charge in [-0.15, -0.1) is 0 Å². The molecule has 0 saturated heterocycles. The van der Waals surface area contributed by atoms with E-state index < -0.39 is 52.5 Å². The number of benzene rings is 2. The largest absolute Gasteiger partial charge is 0.496 e. The van der Waals surface area contributed by atoms with Crippen molar-refractivity contribution in [2.24, 2.45) is 5.92 Å². The summed E-state index contributed by atoms with van der Waals surface area (Å²) in [6.45, 7) is 3.24. The van der Waals surface area contributed by atoms with E-state index in [9.17, 15) is 37.4 Å². The van der Waals surface area contributed by atoms with Crippen molar-refractivity contribution in [3.63, 3.8) is 0 Å². The third kappa shape index (κ3) is 4.63. The summed E-state index contributed by atoms with van der Waals surface area (Å²) in [5.74, 6) is -2.64. The zero-order chi connectivity index (χ0) is 25.4. The van der Waals surface area contributed by atoms with Crippen LogP contribution in [0.15, 0.2) is 41.3 Å². The van der Waals surface area contributed by atoms with Crippen LogP contribution < -0.4 is 10.2 Å². The number of fused-ring (bicyclic) bond motifs is 1. The van der Waals surface area contributed by atoms with Gasteiger partial charge in [-0.3, -0.25) is 4.79 Å². The van der Waals surface area contributed by atoms with E-state index in [1.54, 1.807) is 13.8 Å². The molecular weight excluding hydrogens is 458 g/mol. The zero-order valence-corrected chi connectivity index (χ0v) is 18.6. The molecule has 2 aromatic carbocycles. The number of alkyl halides is 3. The molecule has 0 saturated carbocycles. The minimum atomic E-state index is -4.81. The molecule has 0 bridgehead atoms. The molecule has 10 heteroatoms. The van der Waals surface area contributed by atoms with Crippen molar-refractivity contribution in [1.82, 2.24) is 4.57 Å². The molecule has 1 aromatic heterocycles. The number of methoxy groups -OCH3 is 1. The van der Waals surface area contributed by atoms with Crippen molar-refractivity contribution in [3.8, 4) is 5.75 Å². The molecule has 0 amide bonds. The minimum Gasteiger partial charge on any atom is -0.496 e. The average molecular weight is 481 g/mol. The number of carboxylic acids is 1. The first-order valence-electron chi connectivity index (χ1n) is 10.3. The molecule has 0 spiro atoms. The van der Waals surface area contributed by atoms with E-state index in [-0.39, 0.29) is 34.7 Å². The van der Waals surface area contributed by atoms with Crippen molar-refractivity contribution in [3.05, 3.63) is 74.8 Å². The van der Waals surface area contributed by atoms with Crippen LogP contribution in [0.25, 0.3) is 10.9 Å². The van der Waals surface area contributed by atoms with Crippen LogP contribution in [0.4, 0.5) is 17.6 Å². The van der Waals surface area contributed by atoms with Gasteiger partial charge in [-0.05, 0) is 29.7 Å². The van der Waals surface area contributed by atoms with Gasteiger partial charge in [0.05, 0.1) is 30.8 Å². The van der Waals surface area contributed by atoms with E-state index in [0.29, 0.717) is 0 Å². The normalized spacial score (nSPS) is 12.9. The Labute approximate surface area is 192 Å². The highest BCUT2D eigenvalue weighted by Gasteiger charge is 2.34. The van der Waals surface area contributed by atoms with Gasteiger partial charge in [-0.2, -0.15) is 13.2 Å². The topological polar surface area (TPSA) is 88.8 Å². The quantitative estimate of drug-likeness (QED) is 0.480. The Morgan fingerprint density at radius 1 is 1.21 bits per heavy atom. The number of carbonyl (C=O) groups is 1. The summed E-state index contributed by atoms with van der Waals surface area (Å²) in [4.78, 5) is 24.7. The third-order valence-electron chi connectivity index (χ3n) is 5.77. The van der Waals surface area contributed by atoms with E-state index in [0.717, 1.165) is 24.4 Å². The highest BCUT2D eigenvalue weighted by atomic mass is 19.4. The second kappa shape index (κ2) is 9.46. The zero-order valence-electron chi connectivity index (χ0n) is 18.6. The number of aliphatic hydroxyl groups excluding tert-OH is 1. The summed E-state index contributed by atoms with van der Waals surface area (Å²) in [6.07, 6.45) is -4.23. The Kier molecular flexibility index (Phi) is 7.02. The number of aromatic carboxylic acids is 1. The molecule has 34 heavy (non-hydrogen) atoms. The smallest absolute Gasteiger partial charge is 0.416 e. The number of aliphatic hydroxyl groups is 1. The van der Waals surface area contributed by atoms with Crippen LogP contribution in [0.5, 0.6) is 5.75 Å². The number of carboxylic acid groups (broad SMARTS) is 1. The molecular formula is C24H23F4NO5. The Morgan fingerprint density at radius 2 is 1.88 bits per heavy atom. The van der Waals surface area contributed by atoms with E-state index in [4.69, 9.17) is 4.74 Å². The van der Waals surface area contributed by atoms with Gasteiger partial charge in [0.1, 0.15) is 17.1 Å². The summed E-state index contributed by atoms with van der Waals surface area (Å²) in [5.41, 5.74) is -2.91. The van der Waals surface area contributed by atoms with Crippen LogP contribution in [0.1, 0.15) is 46.9 Å². The van der Waals surface area contributed by atoms with Crippen molar-refractivity contribution in [2.75, 3.05) is 13.7 Å². The first kappa shape index (κ1) is 25.2. The lowest BCUT2D eigenvalue weighted by Gasteiger charge is -2.25. The van der Waals surface area contributed by atoms with Crippen LogP contribution in [0.3, 0.4) is 0 Å². The highest BCUT2D eigenvalue weighted by molar-refractivity contribution is 5.93. The molecule has 6 nitrogen and oxygen atoms in total. The van der Waals surface area contributed by atoms with E-state index in [1.165, 1.54) is 23.8 Å². The maximum atomic E-state index is 14.5. The molecule has 3 rings (SSSR count). The molecule has 182 valence electrons. The van der Waals surface area contributed by atoms with Crippen molar-refractivity contribution in [1.29, 1.82) is 0 Å². The Bertz CT molecular complexity index is 1300. The first-order valence-corrected chi connectivity index (χ1v) is 10.3. The third-order valence-corrected chi connectivity index (χ3v) is 5.77. The number of nitrogens with zero attached hydrogens (tertiary/aromatic N) is 1. The summed E-state index contributed by atoms with van der Waals surface area (Å²) >= 11 is 0. The Balaban J connectivity index is 2.35. The van der Waals surface area contributed by atoms with Crippen molar-refractivity contribution >= 4 is 16.9 Å². The standard InChI is InChI=1S/C24H23F4NO5/c1-12(2)20(11-30)29-10-16(23(32)33)22(31)15-8-13(21(34-3)9-19(15)29)7-14-17(24(26,27)28)5-4-6-18(14)25/h4-6,8-10,12,20,30H,7,11H2,1-3H3,(H,32,33)/t20-/m1/s1. The average Bonchev–Trinajstić information content (AvgIpc) is 2.75. The van der Waals surface area contributed by atoms with Gasteiger partial charge in [0.2, 0.25) is 5.43 Å². The molecule has 2 N–H and O–H groups in total. The fourth-order valence-electron chi connectivity index (χ4n) is 3.99. The Morgan fingerprint density at radius 3 is 2.41 bits per heavy atom. The number of halogens is 4. The molecule has 3 aromatic rings. The summed E-state index contributed by atoms with van der Waals surface area (Å²) in [7, 11) is 1.27. The number of hydrogen-bond donors (Lipinski definition) is 2. The fourth-order valence-corrected chi connectivity index (χ4v) is 3.99. The number of hydrogen-bond acceptors (Lipinski definition) is 4. The van der Waals surface area contributed by atoms with Crippen LogP contribution >= 0.6 is 0 Å². The van der Waals surface area contributed by atoms with Gasteiger partial charge < -0.3 is 19.5 Å². The second-order valence-corrected chi connectivity index (χ2v) is 8.20. The molecule has 0 aliphatic carbocycles. The van der Waals surface area contributed by atoms with E-state index in [1.807, 2.05) is 0 Å². The first-order chi connectivity index (χ1) is 15.9. The molecule has 0 aliphatic heterocycles. The molecule has 1 heterocycles. The van der Waals surface area contributed by atoms with Gasteiger partial charge in [-0.25, -0.2) is 9.18 Å². The fraction of sp³-hybridized carbons (Fsp3) is 0.333. The molecule has 0 radical (unpaired) electrons. The van der Waals surface area contributed by atoms with Gasteiger partial charge in [0.25, 0.3) is 0 Å². The van der Waals surface area contributed by atoms with Gasteiger partial charge >= 0.3 is 12.1 Å². The number of rotatable bonds is 7. The second-order valence-electron chi connectivity index (χ2n) is 8.20. The van der Waals surface area contributed by atoms with Crippen LogP contribution in [-0.2, 0) is 12.6 Å². The van der Waals surface area contributed by atoms with E-state index >= 15 is 0 Å². The predicted octanol–water partition coefficient (Wildman–Crippen LogP) is 4.65. The van der Waals surface area contributed by atoms with Crippen molar-refractivity contribution in [2.45, 2.75) is 32.5 Å². The van der Waals surface area contributed by atoms with Crippen molar-refractivity contribution < 1.29 is 37.3 Å². The molecule has 0 fully saturated rings. The SMILES string of the molecule is COc1cc2c(cc1Cc1c(F)cccc1C(F)(F)F)c(=O)c(C(=O)O)cn2[C@H](CO)C(C)C. The number of pyridine rings is 1. The minimum absolute atomic E-state index is 0.0712. The van der Waals surface area contributed by atoms with E-state index in [2.05, 4.69) is 0 Å². The van der Waals surface area contributed by atoms with Crippen LogP contribution in [0.2, 0.25) is 0 Å². The molecule has 0 aliphatic rings. The van der Waals surface area contributed by atoms with Gasteiger partial charge in [0.15, 0.2) is 0 Å². The maximum Gasteiger partial charge on any atom is 0.416 e. The van der Waals surface area contributed by atoms with Gasteiger partial charge in [-0.1, -0.05) is 19.9 Å². The predicted molar refractivity (Wildman–Crippen MR) is 117 cm³/mol. The molecule has 0 unspecified atom stereocenters. The lowest BCUT2D eigenvalue weighted by molar-refractivity contribution is -0.138. The number of ether oxygens (including phenoxy) is 1. The highest BCUT2D eigenvalue weighted by Crippen LogP contribution is 2.36. The summed E-state index contributed by atoms with van der Waals surface area (Å²) in [6, 6.07) is 4.63. The lowest BCUT2D eigenvalue weighted by Crippen LogP contribution is -2.25. The lowest BCUT2D eigenvalue weighted by atomic mass is 9.96. The summed E-state index contributed by atoms with van der Waals surface area (Å²) in [5, 5.41) is 19.3. The monoisotopic (exact) mass is 481 g/mol.